The van der Waals surface area contributed by atoms with Gasteiger partial charge in [0.15, 0.2) is 0 Å². The molecule has 136 valence electrons. The van der Waals surface area contributed by atoms with E-state index in [2.05, 4.69) is 55.5 Å². The van der Waals surface area contributed by atoms with Crippen molar-refractivity contribution in [2.75, 3.05) is 7.11 Å². The quantitative estimate of drug-likeness (QED) is 0.530. The van der Waals surface area contributed by atoms with Crippen molar-refractivity contribution in [1.82, 2.24) is 0 Å². The van der Waals surface area contributed by atoms with Crippen LogP contribution in [0.2, 0.25) is 0 Å². The minimum Gasteiger partial charge on any atom is -0.497 e. The molecule has 0 spiro atoms. The molecule has 25 heavy (non-hydrogen) atoms. The third-order valence-electron chi connectivity index (χ3n) is 6.30. The zero-order valence-electron chi connectivity index (χ0n) is 16.0. The minimum atomic E-state index is 0.742. The van der Waals surface area contributed by atoms with Gasteiger partial charge < -0.3 is 4.74 Å². The zero-order valence-corrected chi connectivity index (χ0v) is 16.0. The Morgan fingerprint density at radius 1 is 0.720 bits per heavy atom. The second kappa shape index (κ2) is 9.27. The predicted molar refractivity (Wildman–Crippen MR) is 107 cm³/mol. The Balaban J connectivity index is 1.43. The average molecular weight is 339 g/mol. The second-order valence-electron chi connectivity index (χ2n) is 7.97. The van der Waals surface area contributed by atoms with Gasteiger partial charge in [-0.1, -0.05) is 36.4 Å². The van der Waals surface area contributed by atoms with Crippen LogP contribution in [-0.2, 0) is 0 Å². The number of hydrogen-bond acceptors (Lipinski definition) is 1. The molecule has 0 aliphatic heterocycles. The van der Waals surface area contributed by atoms with Crippen molar-refractivity contribution >= 4 is 0 Å². The molecule has 1 heteroatoms. The summed E-state index contributed by atoms with van der Waals surface area (Å²) in [6.45, 7) is 2.15. The molecule has 2 aliphatic rings. The Morgan fingerprint density at radius 2 is 1.20 bits per heavy atom. The molecule has 0 saturated heterocycles. The summed E-state index contributed by atoms with van der Waals surface area (Å²) in [5.41, 5.74) is 1.49. The van der Waals surface area contributed by atoms with Crippen molar-refractivity contribution in [3.63, 3.8) is 0 Å². The largest absolute Gasteiger partial charge is 0.497 e. The Bertz CT molecular complexity index is 552. The number of allylic oxidation sites excluding steroid dienone is 4. The van der Waals surface area contributed by atoms with Crippen molar-refractivity contribution in [2.24, 2.45) is 17.8 Å². The SMILES string of the molecule is CC=CC1CCC(C=CC2CCC(c3ccc(OC)cc3)CC2)CC1. The van der Waals surface area contributed by atoms with Gasteiger partial charge in [0, 0.05) is 0 Å². The monoisotopic (exact) mass is 338 g/mol. The molecule has 1 aromatic carbocycles. The van der Waals surface area contributed by atoms with Gasteiger partial charge in [-0.25, -0.2) is 0 Å². The molecule has 0 bridgehead atoms. The van der Waals surface area contributed by atoms with Gasteiger partial charge in [-0.2, -0.15) is 0 Å². The molecule has 0 radical (unpaired) electrons. The summed E-state index contributed by atoms with van der Waals surface area (Å²) < 4.78 is 5.27. The maximum Gasteiger partial charge on any atom is 0.118 e. The summed E-state index contributed by atoms with van der Waals surface area (Å²) in [7, 11) is 1.74. The number of benzene rings is 1. The van der Waals surface area contributed by atoms with Gasteiger partial charge in [0.05, 0.1) is 7.11 Å². The minimum absolute atomic E-state index is 0.742. The molecule has 0 aromatic heterocycles. The highest BCUT2D eigenvalue weighted by Gasteiger charge is 2.22. The summed E-state index contributed by atoms with van der Waals surface area (Å²) >= 11 is 0. The zero-order chi connectivity index (χ0) is 17.5. The third-order valence-corrected chi connectivity index (χ3v) is 6.30. The van der Waals surface area contributed by atoms with Crippen LogP contribution >= 0.6 is 0 Å². The number of methoxy groups -OCH3 is 1. The van der Waals surface area contributed by atoms with Gasteiger partial charge in [-0.3, -0.25) is 0 Å². The first-order valence-electron chi connectivity index (χ1n) is 10.2. The molecule has 0 heterocycles. The fraction of sp³-hybridized carbons (Fsp3) is 0.583. The van der Waals surface area contributed by atoms with E-state index >= 15 is 0 Å². The lowest BCUT2D eigenvalue weighted by molar-refractivity contribution is 0.348. The molecule has 0 atom stereocenters. The van der Waals surface area contributed by atoms with Crippen LogP contribution in [0.5, 0.6) is 5.75 Å². The number of hydrogen-bond donors (Lipinski definition) is 0. The first kappa shape index (κ1) is 18.3. The molecule has 1 nitrogen and oxygen atoms in total. The second-order valence-corrected chi connectivity index (χ2v) is 7.97. The smallest absolute Gasteiger partial charge is 0.118 e. The van der Waals surface area contributed by atoms with Crippen molar-refractivity contribution in [1.29, 1.82) is 0 Å². The van der Waals surface area contributed by atoms with Gasteiger partial charge in [0.1, 0.15) is 5.75 Å². The van der Waals surface area contributed by atoms with Crippen LogP contribution in [0.1, 0.15) is 69.8 Å². The van der Waals surface area contributed by atoms with Gasteiger partial charge in [-0.05, 0) is 99.7 Å². The van der Waals surface area contributed by atoms with E-state index < -0.39 is 0 Å². The molecule has 3 rings (SSSR count). The van der Waals surface area contributed by atoms with E-state index in [4.69, 9.17) is 4.74 Å². The fourth-order valence-electron chi connectivity index (χ4n) is 4.64. The highest BCUT2D eigenvalue weighted by Crippen LogP contribution is 2.37. The van der Waals surface area contributed by atoms with Gasteiger partial charge in [0.25, 0.3) is 0 Å². The van der Waals surface area contributed by atoms with E-state index in [1.807, 2.05) is 0 Å². The molecule has 2 saturated carbocycles. The highest BCUT2D eigenvalue weighted by atomic mass is 16.5. The molecule has 0 N–H and O–H groups in total. The van der Waals surface area contributed by atoms with Crippen LogP contribution in [0, 0.1) is 17.8 Å². The summed E-state index contributed by atoms with van der Waals surface area (Å²) in [6.07, 6.45) is 20.6. The fourth-order valence-corrected chi connectivity index (χ4v) is 4.64. The van der Waals surface area contributed by atoms with Gasteiger partial charge >= 0.3 is 0 Å². The van der Waals surface area contributed by atoms with Crippen molar-refractivity contribution in [2.45, 2.75) is 64.2 Å². The lowest BCUT2D eigenvalue weighted by Crippen LogP contribution is -2.13. The van der Waals surface area contributed by atoms with Crippen molar-refractivity contribution in [3.05, 3.63) is 54.1 Å². The Morgan fingerprint density at radius 3 is 1.68 bits per heavy atom. The van der Waals surface area contributed by atoms with E-state index in [1.54, 1.807) is 7.11 Å². The number of ether oxygens (including phenoxy) is 1. The molecule has 2 fully saturated rings. The van der Waals surface area contributed by atoms with Gasteiger partial charge in [-0.15, -0.1) is 0 Å². The van der Waals surface area contributed by atoms with E-state index in [0.29, 0.717) is 0 Å². The van der Waals surface area contributed by atoms with Crippen LogP contribution in [0.4, 0.5) is 0 Å². The molecule has 0 amide bonds. The third kappa shape index (κ3) is 5.23. The van der Waals surface area contributed by atoms with Crippen LogP contribution in [0.15, 0.2) is 48.6 Å². The van der Waals surface area contributed by atoms with Crippen molar-refractivity contribution < 1.29 is 4.74 Å². The van der Waals surface area contributed by atoms with Crippen molar-refractivity contribution in [3.8, 4) is 5.75 Å². The molecule has 2 aliphatic carbocycles. The van der Waals surface area contributed by atoms with E-state index in [-0.39, 0.29) is 0 Å². The first-order valence-corrected chi connectivity index (χ1v) is 10.2. The van der Waals surface area contributed by atoms with E-state index in [1.165, 1.54) is 56.9 Å². The Labute approximate surface area is 154 Å². The molecule has 0 unspecified atom stereocenters. The molecule has 1 aromatic rings. The summed E-state index contributed by atoms with van der Waals surface area (Å²) in [5, 5.41) is 0. The summed E-state index contributed by atoms with van der Waals surface area (Å²) in [5.74, 6) is 4.19. The average Bonchev–Trinajstić information content (AvgIpc) is 2.68. The maximum atomic E-state index is 5.27. The van der Waals surface area contributed by atoms with E-state index in [0.717, 1.165) is 29.4 Å². The summed E-state index contributed by atoms with van der Waals surface area (Å²) in [4.78, 5) is 0. The lowest BCUT2D eigenvalue weighted by Gasteiger charge is -2.28. The van der Waals surface area contributed by atoms with E-state index in [9.17, 15) is 0 Å². The predicted octanol–water partition coefficient (Wildman–Crippen LogP) is 6.91. The Kier molecular flexibility index (Phi) is 6.78. The normalized spacial score (nSPS) is 30.8. The van der Waals surface area contributed by atoms with Crippen LogP contribution in [-0.4, -0.2) is 7.11 Å². The summed E-state index contributed by atoms with van der Waals surface area (Å²) in [6, 6.07) is 8.71. The number of rotatable bonds is 5. The molecular formula is C24H34O. The standard InChI is InChI=1S/C24H34O/c1-3-4-19-5-7-20(8-6-19)9-10-21-11-13-22(14-12-21)23-15-17-24(25-2)18-16-23/h3-4,9-10,15-22H,5-8,11-14H2,1-2H3. The Hall–Kier alpha value is -1.50. The first-order chi connectivity index (χ1) is 12.3. The van der Waals surface area contributed by atoms with Gasteiger partial charge in [0.2, 0.25) is 0 Å². The highest BCUT2D eigenvalue weighted by molar-refractivity contribution is 5.29. The van der Waals surface area contributed by atoms with Crippen LogP contribution < -0.4 is 4.74 Å². The molecular weight excluding hydrogens is 304 g/mol. The lowest BCUT2D eigenvalue weighted by atomic mass is 9.77. The topological polar surface area (TPSA) is 9.23 Å². The van der Waals surface area contributed by atoms with Crippen LogP contribution in [0.25, 0.3) is 0 Å². The van der Waals surface area contributed by atoms with Crippen LogP contribution in [0.3, 0.4) is 0 Å². The maximum absolute atomic E-state index is 5.27.